The van der Waals surface area contributed by atoms with Crippen LogP contribution in [0.15, 0.2) is 73.1 Å². The summed E-state index contributed by atoms with van der Waals surface area (Å²) in [7, 11) is 1.61. The molecule has 4 nitrogen and oxygen atoms in total. The molecule has 0 radical (unpaired) electrons. The van der Waals surface area contributed by atoms with Crippen molar-refractivity contribution in [1.29, 1.82) is 0 Å². The molecule has 2 aromatic carbocycles. The first-order valence-electron chi connectivity index (χ1n) is 8.30. The number of rotatable bonds is 5. The van der Waals surface area contributed by atoms with E-state index in [-0.39, 0.29) is 5.76 Å². The van der Waals surface area contributed by atoms with Crippen LogP contribution < -0.4 is 14.6 Å². The molecule has 28 heavy (non-hydrogen) atoms. The average molecular weight is 432 g/mol. The number of aliphatic hydroxyl groups is 1. The van der Waals surface area contributed by atoms with E-state index < -0.39 is 0 Å². The quantitative estimate of drug-likeness (QED) is 0.238. The van der Waals surface area contributed by atoms with E-state index in [4.69, 9.17) is 40.2 Å². The van der Waals surface area contributed by atoms with Crippen molar-refractivity contribution >= 4 is 57.6 Å². The van der Waals surface area contributed by atoms with Gasteiger partial charge in [-0.05, 0) is 42.5 Å². The first kappa shape index (κ1) is 20.1. The van der Waals surface area contributed by atoms with Crippen LogP contribution in [0.2, 0.25) is 10.0 Å². The van der Waals surface area contributed by atoms with Crippen LogP contribution in [-0.2, 0) is 0 Å². The molecule has 0 bridgehead atoms. The Morgan fingerprint density at radius 1 is 1.00 bits per heavy atom. The molecule has 0 saturated carbocycles. The summed E-state index contributed by atoms with van der Waals surface area (Å²) in [6, 6.07) is 17.8. The van der Waals surface area contributed by atoms with Crippen LogP contribution in [-0.4, -0.2) is 17.2 Å². The Morgan fingerprint density at radius 3 is 2.29 bits per heavy atom. The predicted molar refractivity (Wildman–Crippen MR) is 118 cm³/mol. The van der Waals surface area contributed by atoms with Crippen LogP contribution in [0.4, 0.5) is 5.69 Å². The van der Waals surface area contributed by atoms with E-state index in [1.807, 2.05) is 42.5 Å². The molecular weight excluding hydrogens is 415 g/mol. The van der Waals surface area contributed by atoms with Crippen LogP contribution in [0.25, 0.3) is 11.5 Å². The molecule has 0 aliphatic carbocycles. The Balaban J connectivity index is 2.03. The van der Waals surface area contributed by atoms with Gasteiger partial charge in [-0.25, -0.2) is 0 Å². The summed E-state index contributed by atoms with van der Waals surface area (Å²) < 4.78 is 6.90. The van der Waals surface area contributed by atoms with Crippen LogP contribution in [0.3, 0.4) is 0 Å². The normalized spacial score (nSPS) is 11.5. The zero-order valence-electron chi connectivity index (χ0n) is 14.9. The van der Waals surface area contributed by atoms with Crippen molar-refractivity contribution in [2.24, 2.45) is 0 Å². The van der Waals surface area contributed by atoms with E-state index in [1.54, 1.807) is 42.3 Å². The summed E-state index contributed by atoms with van der Waals surface area (Å²) >= 11 is 17.7. The number of ether oxygens (including phenoxy) is 1. The number of thiocarbonyl (C=S) groups is 1. The first-order valence-corrected chi connectivity index (χ1v) is 9.46. The molecular formula is C21H17Cl2N2O2S+. The Hall–Kier alpha value is -2.60. The van der Waals surface area contributed by atoms with Crippen molar-refractivity contribution in [3.05, 3.63) is 88.7 Å². The van der Waals surface area contributed by atoms with Crippen molar-refractivity contribution in [2.45, 2.75) is 0 Å². The lowest BCUT2D eigenvalue weighted by molar-refractivity contribution is -0.575. The van der Waals surface area contributed by atoms with Gasteiger partial charge in [0.2, 0.25) is 0 Å². The molecule has 3 rings (SSSR count). The maximum atomic E-state index is 11.0. The highest BCUT2D eigenvalue weighted by molar-refractivity contribution is 7.81. The number of hydrogen-bond acceptors (Lipinski definition) is 3. The van der Waals surface area contributed by atoms with Gasteiger partial charge in [0, 0.05) is 23.4 Å². The number of nitrogens with zero attached hydrogens (tertiary/aromatic N) is 1. The summed E-state index contributed by atoms with van der Waals surface area (Å²) in [5.74, 6) is 0.712. The number of aromatic nitrogens is 1. The largest absolute Gasteiger partial charge is 0.502 e. The Labute approximate surface area is 178 Å². The number of hydrogen-bond donors (Lipinski definition) is 2. The lowest BCUT2D eigenvalue weighted by Gasteiger charge is -2.11. The number of anilines is 1. The number of nitrogens with one attached hydrogen (secondary N) is 1. The van der Waals surface area contributed by atoms with Crippen molar-refractivity contribution in [3.8, 4) is 5.75 Å². The highest BCUT2D eigenvalue weighted by Gasteiger charge is 2.24. The van der Waals surface area contributed by atoms with E-state index in [0.717, 1.165) is 11.4 Å². The molecule has 0 unspecified atom stereocenters. The smallest absolute Gasteiger partial charge is 0.288 e. The fourth-order valence-electron chi connectivity index (χ4n) is 2.54. The van der Waals surface area contributed by atoms with E-state index >= 15 is 0 Å². The second kappa shape index (κ2) is 9.06. The van der Waals surface area contributed by atoms with Gasteiger partial charge in [-0.3, -0.25) is 0 Å². The average Bonchev–Trinajstić information content (AvgIpc) is 2.71. The third-order valence-electron chi connectivity index (χ3n) is 3.95. The summed E-state index contributed by atoms with van der Waals surface area (Å²) in [5.41, 5.74) is 1.67. The molecule has 0 aliphatic heterocycles. The minimum atomic E-state index is -0.0271. The third-order valence-corrected chi connectivity index (χ3v) is 4.99. The van der Waals surface area contributed by atoms with Gasteiger partial charge < -0.3 is 15.2 Å². The molecule has 142 valence electrons. The Morgan fingerprint density at radius 2 is 1.68 bits per heavy atom. The van der Waals surface area contributed by atoms with Gasteiger partial charge in [0.05, 0.1) is 17.2 Å². The van der Waals surface area contributed by atoms with Crippen molar-refractivity contribution < 1.29 is 14.4 Å². The van der Waals surface area contributed by atoms with Crippen molar-refractivity contribution in [3.63, 3.8) is 0 Å². The minimum Gasteiger partial charge on any atom is -0.502 e. The summed E-state index contributed by atoms with van der Waals surface area (Å²) in [4.78, 5) is 0.338. The molecule has 0 spiro atoms. The van der Waals surface area contributed by atoms with Gasteiger partial charge in [0.25, 0.3) is 5.70 Å². The molecule has 7 heteroatoms. The minimum absolute atomic E-state index is 0.0271. The lowest BCUT2D eigenvalue weighted by atomic mass is 10.1. The number of pyridine rings is 1. The van der Waals surface area contributed by atoms with Gasteiger partial charge in [0.1, 0.15) is 5.75 Å². The summed E-state index contributed by atoms with van der Waals surface area (Å²) in [6.45, 7) is 0. The summed E-state index contributed by atoms with van der Waals surface area (Å²) in [6.07, 6.45) is 3.59. The molecule has 1 heterocycles. The number of benzene rings is 2. The highest BCUT2D eigenvalue weighted by Crippen LogP contribution is 2.27. The Bertz CT molecular complexity index is 1020. The zero-order chi connectivity index (χ0) is 20.1. The van der Waals surface area contributed by atoms with Crippen molar-refractivity contribution in [2.75, 3.05) is 12.4 Å². The number of aliphatic hydroxyl groups excluding tert-OH is 1. The summed E-state index contributed by atoms with van der Waals surface area (Å²) in [5, 5.41) is 14.9. The second-order valence-corrected chi connectivity index (χ2v) is 7.01. The van der Waals surface area contributed by atoms with Gasteiger partial charge in [-0.15, -0.1) is 0 Å². The molecule has 0 atom stereocenters. The molecule has 0 fully saturated rings. The lowest BCUT2D eigenvalue weighted by Crippen LogP contribution is -2.38. The maximum absolute atomic E-state index is 11.0. The number of methoxy groups -OCH3 is 1. The Kier molecular flexibility index (Phi) is 6.52. The maximum Gasteiger partial charge on any atom is 0.288 e. The molecule has 0 amide bonds. The fraction of sp³-hybridized carbons (Fsp3) is 0.0476. The third kappa shape index (κ3) is 4.62. The van der Waals surface area contributed by atoms with Gasteiger partial charge in [0.15, 0.2) is 23.1 Å². The fourth-order valence-corrected chi connectivity index (χ4v) is 3.16. The van der Waals surface area contributed by atoms with Crippen LogP contribution in [0.1, 0.15) is 5.56 Å². The van der Waals surface area contributed by atoms with Crippen LogP contribution >= 0.6 is 35.4 Å². The van der Waals surface area contributed by atoms with Gasteiger partial charge in [-0.1, -0.05) is 41.5 Å². The van der Waals surface area contributed by atoms with E-state index in [9.17, 15) is 5.11 Å². The molecule has 0 saturated heterocycles. The molecule has 0 aliphatic rings. The van der Waals surface area contributed by atoms with Crippen molar-refractivity contribution in [1.82, 2.24) is 0 Å². The monoisotopic (exact) mass is 431 g/mol. The SMILES string of the molecule is COc1ccc(NC(=S)/C(=C(\O)c2ccc(Cl)c(Cl)c2)[n+]2ccccc2)cc1. The standard InChI is InChI=1S/C21H16Cl2N2O2S/c1-27-16-8-6-15(7-9-16)24-21(28)19(25-11-3-2-4-12-25)20(26)14-5-10-17(22)18(23)13-14/h2-13H,1H3,(H-,24,26,28)/p+1. The van der Waals surface area contributed by atoms with Crippen LogP contribution in [0, 0.1) is 0 Å². The first-order chi connectivity index (χ1) is 13.5. The highest BCUT2D eigenvalue weighted by atomic mass is 35.5. The predicted octanol–water partition coefficient (Wildman–Crippen LogP) is 5.61. The van der Waals surface area contributed by atoms with E-state index in [0.29, 0.717) is 26.3 Å². The van der Waals surface area contributed by atoms with Crippen LogP contribution in [0.5, 0.6) is 5.75 Å². The van der Waals surface area contributed by atoms with E-state index in [1.165, 1.54) is 0 Å². The van der Waals surface area contributed by atoms with E-state index in [2.05, 4.69) is 5.32 Å². The topological polar surface area (TPSA) is 45.4 Å². The molecule has 2 N–H and O–H groups in total. The zero-order valence-corrected chi connectivity index (χ0v) is 17.2. The molecule has 3 aromatic rings. The molecule has 1 aromatic heterocycles. The van der Waals surface area contributed by atoms with Gasteiger partial charge >= 0.3 is 0 Å². The second-order valence-electron chi connectivity index (χ2n) is 5.79. The number of halogens is 2. The van der Waals surface area contributed by atoms with Gasteiger partial charge in [-0.2, -0.15) is 4.57 Å².